The minimum atomic E-state index is 0.290. The predicted molar refractivity (Wildman–Crippen MR) is 82.7 cm³/mol. The molecular formula is C16H34N2O. The Bertz CT molecular complexity index is 244. The Morgan fingerprint density at radius 2 is 1.47 bits per heavy atom. The van der Waals surface area contributed by atoms with Crippen LogP contribution in [0.5, 0.6) is 0 Å². The molecule has 1 rings (SSSR count). The monoisotopic (exact) mass is 270 g/mol. The second-order valence-corrected chi connectivity index (χ2v) is 7.97. The Kier molecular flexibility index (Phi) is 6.28. The van der Waals surface area contributed by atoms with Crippen LogP contribution in [0.25, 0.3) is 0 Å². The molecule has 0 aromatic heterocycles. The summed E-state index contributed by atoms with van der Waals surface area (Å²) in [7, 11) is 0. The SMILES string of the molecule is CC(C)(C)COCCCN1CCN(C(C)(C)C)CC1. The zero-order valence-corrected chi connectivity index (χ0v) is 14.0. The summed E-state index contributed by atoms with van der Waals surface area (Å²) in [5.41, 5.74) is 0.611. The highest BCUT2D eigenvalue weighted by Gasteiger charge is 2.25. The highest BCUT2D eigenvalue weighted by atomic mass is 16.5. The minimum absolute atomic E-state index is 0.290. The van der Waals surface area contributed by atoms with E-state index in [0.29, 0.717) is 11.0 Å². The lowest BCUT2D eigenvalue weighted by atomic mass is 9.99. The van der Waals surface area contributed by atoms with Gasteiger partial charge < -0.3 is 9.64 Å². The van der Waals surface area contributed by atoms with E-state index < -0.39 is 0 Å². The summed E-state index contributed by atoms with van der Waals surface area (Å²) in [6.45, 7) is 21.3. The third-order valence-electron chi connectivity index (χ3n) is 3.62. The van der Waals surface area contributed by atoms with Gasteiger partial charge in [-0.05, 0) is 32.6 Å². The fraction of sp³-hybridized carbons (Fsp3) is 1.00. The van der Waals surface area contributed by atoms with Crippen molar-refractivity contribution in [1.82, 2.24) is 9.80 Å². The summed E-state index contributed by atoms with van der Waals surface area (Å²) >= 11 is 0. The molecule has 0 bridgehead atoms. The molecule has 114 valence electrons. The zero-order valence-electron chi connectivity index (χ0n) is 14.0. The van der Waals surface area contributed by atoms with Gasteiger partial charge in [0.2, 0.25) is 0 Å². The van der Waals surface area contributed by atoms with Gasteiger partial charge in [0.05, 0.1) is 6.61 Å². The molecule has 0 amide bonds. The topological polar surface area (TPSA) is 15.7 Å². The van der Waals surface area contributed by atoms with E-state index in [2.05, 4.69) is 51.3 Å². The summed E-state index contributed by atoms with van der Waals surface area (Å²) in [6, 6.07) is 0. The number of rotatable bonds is 5. The van der Waals surface area contributed by atoms with Gasteiger partial charge in [-0.2, -0.15) is 0 Å². The van der Waals surface area contributed by atoms with Crippen LogP contribution in [0.4, 0.5) is 0 Å². The van der Waals surface area contributed by atoms with Crippen molar-refractivity contribution in [2.75, 3.05) is 45.9 Å². The molecule has 3 heteroatoms. The van der Waals surface area contributed by atoms with Crippen molar-refractivity contribution in [2.45, 2.75) is 53.5 Å². The van der Waals surface area contributed by atoms with Crippen LogP contribution in [0.1, 0.15) is 48.0 Å². The fourth-order valence-corrected chi connectivity index (χ4v) is 2.41. The standard InChI is InChI=1S/C16H34N2O/c1-15(2,3)14-19-13-7-8-17-9-11-18(12-10-17)16(4,5)6/h7-14H2,1-6H3. The molecule has 0 aromatic carbocycles. The van der Waals surface area contributed by atoms with Gasteiger partial charge in [0.15, 0.2) is 0 Å². The average Bonchev–Trinajstić information content (AvgIpc) is 2.26. The smallest absolute Gasteiger partial charge is 0.0514 e. The molecule has 1 aliphatic rings. The summed E-state index contributed by atoms with van der Waals surface area (Å²) in [5.74, 6) is 0. The maximum absolute atomic E-state index is 5.73. The van der Waals surface area contributed by atoms with Gasteiger partial charge >= 0.3 is 0 Å². The number of nitrogens with zero attached hydrogens (tertiary/aromatic N) is 2. The molecule has 1 heterocycles. The Morgan fingerprint density at radius 3 is 1.95 bits per heavy atom. The second kappa shape index (κ2) is 7.05. The highest BCUT2D eigenvalue weighted by Crippen LogP contribution is 2.16. The molecule has 0 aliphatic carbocycles. The molecule has 0 N–H and O–H groups in total. The first-order chi connectivity index (χ1) is 8.68. The van der Waals surface area contributed by atoms with E-state index >= 15 is 0 Å². The molecule has 0 spiro atoms. The molecule has 0 atom stereocenters. The van der Waals surface area contributed by atoms with Gasteiger partial charge in [0, 0.05) is 44.9 Å². The van der Waals surface area contributed by atoms with Gasteiger partial charge in [-0.25, -0.2) is 0 Å². The fourth-order valence-electron chi connectivity index (χ4n) is 2.41. The molecule has 3 nitrogen and oxygen atoms in total. The maximum atomic E-state index is 5.73. The van der Waals surface area contributed by atoms with E-state index in [1.54, 1.807) is 0 Å². The van der Waals surface area contributed by atoms with Crippen molar-refractivity contribution in [3.63, 3.8) is 0 Å². The first-order valence-corrected chi connectivity index (χ1v) is 7.74. The van der Waals surface area contributed by atoms with E-state index in [9.17, 15) is 0 Å². The number of piperazine rings is 1. The molecule has 0 aromatic rings. The number of hydrogen-bond acceptors (Lipinski definition) is 3. The van der Waals surface area contributed by atoms with E-state index in [1.165, 1.54) is 32.7 Å². The predicted octanol–water partition coefficient (Wildman–Crippen LogP) is 2.86. The van der Waals surface area contributed by atoms with Crippen LogP contribution in [0.3, 0.4) is 0 Å². The van der Waals surface area contributed by atoms with Crippen molar-refractivity contribution < 1.29 is 4.74 Å². The van der Waals surface area contributed by atoms with Crippen molar-refractivity contribution >= 4 is 0 Å². The molecule has 19 heavy (non-hydrogen) atoms. The van der Waals surface area contributed by atoms with E-state index in [-0.39, 0.29) is 0 Å². The molecule has 0 saturated carbocycles. The van der Waals surface area contributed by atoms with Crippen LogP contribution in [0.15, 0.2) is 0 Å². The Labute approximate surface area is 120 Å². The zero-order chi connectivity index (χ0) is 14.5. The first kappa shape index (κ1) is 16.9. The van der Waals surface area contributed by atoms with Crippen molar-refractivity contribution in [3.05, 3.63) is 0 Å². The number of ether oxygens (including phenoxy) is 1. The summed E-state index contributed by atoms with van der Waals surface area (Å²) in [6.07, 6.45) is 1.16. The van der Waals surface area contributed by atoms with E-state index in [0.717, 1.165) is 19.6 Å². The largest absolute Gasteiger partial charge is 0.381 e. The molecule has 1 aliphatic heterocycles. The van der Waals surface area contributed by atoms with Gasteiger partial charge in [-0.1, -0.05) is 20.8 Å². The van der Waals surface area contributed by atoms with Crippen LogP contribution < -0.4 is 0 Å². The Balaban J connectivity index is 2.07. The first-order valence-electron chi connectivity index (χ1n) is 7.74. The van der Waals surface area contributed by atoms with Gasteiger partial charge in [-0.3, -0.25) is 4.90 Å². The lowest BCUT2D eigenvalue weighted by Crippen LogP contribution is -2.53. The summed E-state index contributed by atoms with van der Waals surface area (Å²) in [5, 5.41) is 0. The van der Waals surface area contributed by atoms with E-state index in [1.807, 2.05) is 0 Å². The van der Waals surface area contributed by atoms with Crippen LogP contribution >= 0.6 is 0 Å². The van der Waals surface area contributed by atoms with Crippen LogP contribution in [0.2, 0.25) is 0 Å². The van der Waals surface area contributed by atoms with Crippen LogP contribution in [-0.2, 0) is 4.74 Å². The molecule has 0 unspecified atom stereocenters. The van der Waals surface area contributed by atoms with Crippen LogP contribution in [0, 0.1) is 5.41 Å². The quantitative estimate of drug-likeness (QED) is 0.715. The third-order valence-corrected chi connectivity index (χ3v) is 3.62. The molecule has 0 radical (unpaired) electrons. The van der Waals surface area contributed by atoms with Crippen LogP contribution in [-0.4, -0.2) is 61.3 Å². The highest BCUT2D eigenvalue weighted by molar-refractivity contribution is 4.81. The van der Waals surface area contributed by atoms with E-state index in [4.69, 9.17) is 4.74 Å². The molecular weight excluding hydrogens is 236 g/mol. The lowest BCUT2D eigenvalue weighted by molar-refractivity contribution is 0.0440. The third kappa shape index (κ3) is 7.28. The normalized spacial score (nSPS) is 19.9. The van der Waals surface area contributed by atoms with Crippen molar-refractivity contribution in [3.8, 4) is 0 Å². The second-order valence-electron chi connectivity index (χ2n) is 7.97. The Morgan fingerprint density at radius 1 is 0.895 bits per heavy atom. The molecule has 1 fully saturated rings. The average molecular weight is 270 g/mol. The Hall–Kier alpha value is -0.120. The maximum Gasteiger partial charge on any atom is 0.0514 e. The summed E-state index contributed by atoms with van der Waals surface area (Å²) < 4.78 is 5.73. The van der Waals surface area contributed by atoms with Gasteiger partial charge in [0.1, 0.15) is 0 Å². The minimum Gasteiger partial charge on any atom is -0.381 e. The van der Waals surface area contributed by atoms with Gasteiger partial charge in [0.25, 0.3) is 0 Å². The van der Waals surface area contributed by atoms with Crippen molar-refractivity contribution in [1.29, 1.82) is 0 Å². The van der Waals surface area contributed by atoms with Crippen molar-refractivity contribution in [2.24, 2.45) is 5.41 Å². The summed E-state index contributed by atoms with van der Waals surface area (Å²) in [4.78, 5) is 5.16. The molecule has 1 saturated heterocycles. The lowest BCUT2D eigenvalue weighted by Gasteiger charge is -2.42. The number of hydrogen-bond donors (Lipinski definition) is 0. The van der Waals surface area contributed by atoms with Gasteiger partial charge in [-0.15, -0.1) is 0 Å².